The molecule has 10 heteroatoms. The lowest BCUT2D eigenvalue weighted by Crippen LogP contribution is -2.58. The van der Waals surface area contributed by atoms with Gasteiger partial charge in [-0.05, 0) is 49.0 Å². The number of likely N-dealkylation sites (N-methyl/N-ethyl adjacent to an activating group) is 1. The van der Waals surface area contributed by atoms with E-state index >= 15 is 0 Å². The Balaban J connectivity index is 1.47. The van der Waals surface area contributed by atoms with E-state index in [1.807, 2.05) is 11.9 Å². The number of carbonyl (C=O) groups is 1. The largest absolute Gasteiger partial charge is 0.491 e. The van der Waals surface area contributed by atoms with Crippen molar-refractivity contribution < 1.29 is 27.4 Å². The fourth-order valence-electron chi connectivity index (χ4n) is 4.55. The Bertz CT molecular complexity index is 1010. The molecule has 2 saturated heterocycles. The molecule has 6 nitrogen and oxygen atoms in total. The van der Waals surface area contributed by atoms with Gasteiger partial charge in [-0.15, -0.1) is 0 Å². The van der Waals surface area contributed by atoms with E-state index in [2.05, 4.69) is 9.80 Å². The van der Waals surface area contributed by atoms with Crippen LogP contribution in [-0.4, -0.2) is 85.7 Å². The molecule has 1 amide bonds. The lowest BCUT2D eigenvalue weighted by molar-refractivity contribution is -0.157. The zero-order valence-corrected chi connectivity index (χ0v) is 21.0. The molecule has 2 aromatic rings. The highest BCUT2D eigenvalue weighted by atomic mass is 35.5. The predicted molar refractivity (Wildman–Crippen MR) is 131 cm³/mol. The molecule has 0 aromatic heterocycles. The van der Waals surface area contributed by atoms with E-state index in [4.69, 9.17) is 21.1 Å². The number of piperazine rings is 1. The molecule has 2 heterocycles. The van der Waals surface area contributed by atoms with Crippen molar-refractivity contribution in [3.8, 4) is 5.75 Å². The number of hydrogen-bond donors (Lipinski definition) is 0. The Morgan fingerprint density at radius 1 is 1.03 bits per heavy atom. The fraction of sp³-hybridized carbons (Fsp3) is 0.500. The van der Waals surface area contributed by atoms with Crippen molar-refractivity contribution in [2.75, 3.05) is 59.5 Å². The van der Waals surface area contributed by atoms with Gasteiger partial charge in [0.15, 0.2) is 0 Å². The zero-order chi connectivity index (χ0) is 25.8. The number of amides is 1. The number of carbonyl (C=O) groups excluding carboxylic acids is 1. The summed E-state index contributed by atoms with van der Waals surface area (Å²) in [6, 6.07) is 12.2. The Labute approximate surface area is 214 Å². The topological polar surface area (TPSA) is 45.2 Å². The summed E-state index contributed by atoms with van der Waals surface area (Å²) in [5, 5.41) is 0.596. The van der Waals surface area contributed by atoms with Gasteiger partial charge >= 0.3 is 6.18 Å². The van der Waals surface area contributed by atoms with Crippen LogP contribution < -0.4 is 4.74 Å². The molecule has 0 spiro atoms. The minimum Gasteiger partial charge on any atom is -0.491 e. The molecule has 0 aliphatic carbocycles. The van der Waals surface area contributed by atoms with Gasteiger partial charge in [0.2, 0.25) is 5.91 Å². The first-order chi connectivity index (χ1) is 17.1. The number of rotatable bonds is 7. The van der Waals surface area contributed by atoms with Gasteiger partial charge in [0, 0.05) is 50.8 Å². The van der Waals surface area contributed by atoms with E-state index in [0.717, 1.165) is 30.8 Å². The minimum atomic E-state index is -4.37. The van der Waals surface area contributed by atoms with Crippen LogP contribution in [0.3, 0.4) is 0 Å². The SMILES string of the molecule is CN1CCN(C(=O)C[C@]2(COc3ccc(Cl)cc3)CN(Cc3ccc(C(F)(F)F)cc3)CCO2)CC1. The van der Waals surface area contributed by atoms with Crippen LogP contribution in [0.25, 0.3) is 0 Å². The van der Waals surface area contributed by atoms with Crippen molar-refractivity contribution in [2.24, 2.45) is 0 Å². The zero-order valence-electron chi connectivity index (χ0n) is 20.3. The Hall–Kier alpha value is -2.33. The number of alkyl halides is 3. The lowest BCUT2D eigenvalue weighted by atomic mass is 9.96. The van der Waals surface area contributed by atoms with Crippen LogP contribution in [0, 0.1) is 0 Å². The van der Waals surface area contributed by atoms with Gasteiger partial charge in [0.05, 0.1) is 18.6 Å². The third-order valence-electron chi connectivity index (χ3n) is 6.66. The molecule has 0 N–H and O–H groups in total. The molecule has 0 radical (unpaired) electrons. The summed E-state index contributed by atoms with van der Waals surface area (Å²) >= 11 is 5.98. The normalized spacial score (nSPS) is 22.0. The molecule has 2 aromatic carbocycles. The van der Waals surface area contributed by atoms with Gasteiger partial charge in [0.25, 0.3) is 0 Å². The Kier molecular flexibility index (Phi) is 8.44. The number of hydrogen-bond acceptors (Lipinski definition) is 5. The monoisotopic (exact) mass is 525 g/mol. The summed E-state index contributed by atoms with van der Waals surface area (Å²) in [4.78, 5) is 19.4. The number of halogens is 4. The van der Waals surface area contributed by atoms with Crippen molar-refractivity contribution in [1.29, 1.82) is 0 Å². The first kappa shape index (κ1) is 26.7. The standard InChI is InChI=1S/C26H31ClF3N3O3/c1-31-10-12-33(13-11-31)24(34)16-25(19-35-23-8-6-22(27)7-9-23)18-32(14-15-36-25)17-20-2-4-21(5-3-20)26(28,29)30/h2-9H,10-19H2,1H3/t25-/m1/s1. The predicted octanol–water partition coefficient (Wildman–Crippen LogP) is 4.17. The van der Waals surface area contributed by atoms with E-state index in [-0.39, 0.29) is 18.9 Å². The van der Waals surface area contributed by atoms with E-state index in [1.165, 1.54) is 12.1 Å². The summed E-state index contributed by atoms with van der Waals surface area (Å²) in [6.45, 7) is 5.00. The summed E-state index contributed by atoms with van der Waals surface area (Å²) in [6.07, 6.45) is -4.21. The number of ether oxygens (including phenoxy) is 2. The van der Waals surface area contributed by atoms with Gasteiger partial charge in [-0.3, -0.25) is 9.69 Å². The first-order valence-electron chi connectivity index (χ1n) is 12.0. The van der Waals surface area contributed by atoms with Crippen LogP contribution in [0.15, 0.2) is 48.5 Å². The molecule has 0 unspecified atom stereocenters. The molecule has 0 bridgehead atoms. The quantitative estimate of drug-likeness (QED) is 0.543. The van der Waals surface area contributed by atoms with Gasteiger partial charge in [-0.1, -0.05) is 23.7 Å². The molecule has 4 rings (SSSR count). The lowest BCUT2D eigenvalue weighted by Gasteiger charge is -2.43. The second-order valence-electron chi connectivity index (χ2n) is 9.54. The second kappa shape index (κ2) is 11.4. The number of benzene rings is 2. The summed E-state index contributed by atoms with van der Waals surface area (Å²) < 4.78 is 51.1. The fourth-order valence-corrected chi connectivity index (χ4v) is 4.68. The molecule has 196 valence electrons. The van der Waals surface area contributed by atoms with Crippen LogP contribution in [0.1, 0.15) is 17.5 Å². The summed E-state index contributed by atoms with van der Waals surface area (Å²) in [5.41, 5.74) is -0.788. The average molecular weight is 526 g/mol. The molecule has 36 heavy (non-hydrogen) atoms. The number of nitrogens with zero attached hydrogens (tertiary/aromatic N) is 3. The highest BCUT2D eigenvalue weighted by Gasteiger charge is 2.41. The van der Waals surface area contributed by atoms with Crippen molar-refractivity contribution in [2.45, 2.75) is 24.7 Å². The maximum Gasteiger partial charge on any atom is 0.416 e. The van der Waals surface area contributed by atoms with E-state index in [9.17, 15) is 18.0 Å². The highest BCUT2D eigenvalue weighted by Crippen LogP contribution is 2.30. The summed E-state index contributed by atoms with van der Waals surface area (Å²) in [7, 11) is 2.03. The summed E-state index contributed by atoms with van der Waals surface area (Å²) in [5.74, 6) is 0.633. The van der Waals surface area contributed by atoms with Crippen LogP contribution in [0.5, 0.6) is 5.75 Å². The first-order valence-corrected chi connectivity index (χ1v) is 12.4. The van der Waals surface area contributed by atoms with Crippen LogP contribution >= 0.6 is 11.6 Å². The van der Waals surface area contributed by atoms with Crippen LogP contribution in [0.4, 0.5) is 13.2 Å². The highest BCUT2D eigenvalue weighted by molar-refractivity contribution is 6.30. The van der Waals surface area contributed by atoms with Gasteiger partial charge in [-0.25, -0.2) is 0 Å². The van der Waals surface area contributed by atoms with Gasteiger partial charge in [-0.2, -0.15) is 13.2 Å². The maximum absolute atomic E-state index is 13.3. The van der Waals surface area contributed by atoms with E-state index in [0.29, 0.717) is 50.1 Å². The molecule has 2 aliphatic heterocycles. The molecule has 1 atom stereocenters. The number of morpholine rings is 1. The van der Waals surface area contributed by atoms with Gasteiger partial charge < -0.3 is 19.3 Å². The van der Waals surface area contributed by atoms with Crippen molar-refractivity contribution in [3.63, 3.8) is 0 Å². The van der Waals surface area contributed by atoms with Crippen LogP contribution in [-0.2, 0) is 22.3 Å². The molecule has 0 saturated carbocycles. The molecule has 2 aliphatic rings. The average Bonchev–Trinajstić information content (AvgIpc) is 2.84. The Morgan fingerprint density at radius 3 is 2.33 bits per heavy atom. The maximum atomic E-state index is 13.3. The third-order valence-corrected chi connectivity index (χ3v) is 6.91. The molecular weight excluding hydrogens is 495 g/mol. The van der Waals surface area contributed by atoms with E-state index in [1.54, 1.807) is 24.3 Å². The Morgan fingerprint density at radius 2 is 1.69 bits per heavy atom. The second-order valence-corrected chi connectivity index (χ2v) is 9.98. The minimum absolute atomic E-state index is 0.0131. The molecular formula is C26H31ClF3N3O3. The smallest absolute Gasteiger partial charge is 0.416 e. The van der Waals surface area contributed by atoms with Gasteiger partial charge in [0.1, 0.15) is 18.0 Å². The van der Waals surface area contributed by atoms with Crippen LogP contribution in [0.2, 0.25) is 5.02 Å². The third kappa shape index (κ3) is 7.12. The van der Waals surface area contributed by atoms with E-state index < -0.39 is 17.3 Å². The van der Waals surface area contributed by atoms with Crippen molar-refractivity contribution >= 4 is 17.5 Å². The van der Waals surface area contributed by atoms with Crippen molar-refractivity contribution in [1.82, 2.24) is 14.7 Å². The molecule has 2 fully saturated rings. The van der Waals surface area contributed by atoms with Crippen molar-refractivity contribution in [3.05, 3.63) is 64.7 Å².